The van der Waals surface area contributed by atoms with Gasteiger partial charge in [0.1, 0.15) is 11.5 Å². The molecule has 0 bridgehead atoms. The topological polar surface area (TPSA) is 88.2 Å². The third-order valence-corrected chi connectivity index (χ3v) is 7.18. The highest BCUT2D eigenvalue weighted by molar-refractivity contribution is 7.92. The number of methoxy groups -OCH3 is 1. The Hall–Kier alpha value is -3.72. The number of anilines is 2. The number of carbonyl (C=O) groups excluding carboxylic acids is 1. The van der Waals surface area contributed by atoms with Crippen LogP contribution >= 0.6 is 0 Å². The second-order valence-corrected chi connectivity index (χ2v) is 9.72. The first-order chi connectivity index (χ1) is 16.9. The Kier molecular flexibility index (Phi) is 7.45. The molecule has 1 heterocycles. The van der Waals surface area contributed by atoms with E-state index in [-0.39, 0.29) is 10.8 Å². The van der Waals surface area contributed by atoms with E-state index in [1.165, 1.54) is 12.1 Å². The molecule has 35 heavy (non-hydrogen) atoms. The molecule has 4 rings (SSSR count). The zero-order valence-electron chi connectivity index (χ0n) is 19.8. The number of amides is 1. The zero-order valence-corrected chi connectivity index (χ0v) is 20.6. The van der Waals surface area contributed by atoms with Crippen molar-refractivity contribution in [3.05, 3.63) is 78.4 Å². The second kappa shape index (κ2) is 10.7. The van der Waals surface area contributed by atoms with Crippen LogP contribution in [-0.4, -0.2) is 59.1 Å². The number of nitrogens with one attached hydrogen (secondary N) is 1. The van der Waals surface area contributed by atoms with E-state index in [1.807, 2.05) is 31.2 Å². The first kappa shape index (κ1) is 24.4. The number of nitrogens with zero attached hydrogens (tertiary/aromatic N) is 2. The highest BCUT2D eigenvalue weighted by Crippen LogP contribution is 2.28. The van der Waals surface area contributed by atoms with Crippen molar-refractivity contribution < 1.29 is 22.7 Å². The molecule has 1 saturated heterocycles. The van der Waals surface area contributed by atoms with Crippen LogP contribution in [0.5, 0.6) is 11.5 Å². The van der Waals surface area contributed by atoms with Crippen LogP contribution in [0.25, 0.3) is 0 Å². The summed E-state index contributed by atoms with van der Waals surface area (Å²) in [5.74, 6) is 1.27. The monoisotopic (exact) mass is 495 g/mol. The predicted molar refractivity (Wildman–Crippen MR) is 136 cm³/mol. The summed E-state index contributed by atoms with van der Waals surface area (Å²) >= 11 is 0. The largest absolute Gasteiger partial charge is 0.495 e. The Morgan fingerprint density at radius 1 is 0.943 bits per heavy atom. The summed E-state index contributed by atoms with van der Waals surface area (Å²) in [6.45, 7) is 4.77. The molecule has 3 aromatic carbocycles. The molecule has 0 unspecified atom stereocenters. The highest BCUT2D eigenvalue weighted by atomic mass is 32.2. The quantitative estimate of drug-likeness (QED) is 0.511. The first-order valence-electron chi connectivity index (χ1n) is 11.4. The number of sulfonamides is 1. The molecular formula is C26H29N3O5S. The van der Waals surface area contributed by atoms with E-state index in [4.69, 9.17) is 9.47 Å². The minimum atomic E-state index is -3.86. The number of carbonyl (C=O) groups is 1. The summed E-state index contributed by atoms with van der Waals surface area (Å²) in [6.07, 6.45) is 0. The normalized spacial score (nSPS) is 13.9. The summed E-state index contributed by atoms with van der Waals surface area (Å²) < 4.78 is 39.3. The molecule has 1 N–H and O–H groups in total. The van der Waals surface area contributed by atoms with Gasteiger partial charge in [0, 0.05) is 37.4 Å². The van der Waals surface area contributed by atoms with Crippen LogP contribution in [0.2, 0.25) is 0 Å². The molecule has 0 aromatic heterocycles. The van der Waals surface area contributed by atoms with Gasteiger partial charge in [0.15, 0.2) is 0 Å². The fourth-order valence-corrected chi connectivity index (χ4v) is 5.12. The van der Waals surface area contributed by atoms with E-state index in [9.17, 15) is 13.2 Å². The molecule has 184 valence electrons. The molecule has 0 aliphatic carbocycles. The molecule has 1 aliphatic rings. The van der Waals surface area contributed by atoms with Crippen LogP contribution < -0.4 is 19.1 Å². The molecule has 8 nitrogen and oxygen atoms in total. The molecule has 1 fully saturated rings. The zero-order chi connectivity index (χ0) is 24.8. The summed E-state index contributed by atoms with van der Waals surface area (Å²) in [5, 5.41) is 0. The maximum Gasteiger partial charge on any atom is 0.261 e. The van der Waals surface area contributed by atoms with E-state index in [2.05, 4.69) is 9.62 Å². The van der Waals surface area contributed by atoms with Crippen LogP contribution in [0.1, 0.15) is 17.3 Å². The second-order valence-electron chi connectivity index (χ2n) is 8.04. The van der Waals surface area contributed by atoms with Gasteiger partial charge in [0.05, 0.1) is 24.3 Å². The van der Waals surface area contributed by atoms with E-state index in [1.54, 1.807) is 48.4 Å². The van der Waals surface area contributed by atoms with Crippen LogP contribution in [0.4, 0.5) is 11.4 Å². The summed E-state index contributed by atoms with van der Waals surface area (Å²) in [6, 6.07) is 20.6. The number of para-hydroxylation sites is 2. The third-order valence-electron chi connectivity index (χ3n) is 5.80. The lowest BCUT2D eigenvalue weighted by Crippen LogP contribution is -2.48. The van der Waals surface area contributed by atoms with E-state index in [0.717, 1.165) is 11.4 Å². The average molecular weight is 496 g/mol. The highest BCUT2D eigenvalue weighted by Gasteiger charge is 2.25. The van der Waals surface area contributed by atoms with Crippen molar-refractivity contribution in [2.75, 3.05) is 49.5 Å². The Bertz CT molecular complexity index is 1270. The molecule has 1 aliphatic heterocycles. The van der Waals surface area contributed by atoms with Crippen LogP contribution in [0.3, 0.4) is 0 Å². The fourth-order valence-electron chi connectivity index (χ4n) is 4.02. The summed E-state index contributed by atoms with van der Waals surface area (Å²) in [4.78, 5) is 17.1. The lowest BCUT2D eigenvalue weighted by Gasteiger charge is -2.36. The Morgan fingerprint density at radius 3 is 2.34 bits per heavy atom. The van der Waals surface area contributed by atoms with Gasteiger partial charge in [-0.3, -0.25) is 9.52 Å². The Balaban J connectivity index is 1.43. The van der Waals surface area contributed by atoms with Crippen LogP contribution in [0, 0.1) is 0 Å². The van der Waals surface area contributed by atoms with Crippen molar-refractivity contribution in [3.63, 3.8) is 0 Å². The van der Waals surface area contributed by atoms with Gasteiger partial charge in [-0.15, -0.1) is 0 Å². The predicted octanol–water partition coefficient (Wildman–Crippen LogP) is 3.86. The van der Waals surface area contributed by atoms with E-state index >= 15 is 0 Å². The van der Waals surface area contributed by atoms with Gasteiger partial charge < -0.3 is 19.3 Å². The number of piperazine rings is 1. The van der Waals surface area contributed by atoms with Gasteiger partial charge in [0.2, 0.25) is 0 Å². The van der Waals surface area contributed by atoms with Gasteiger partial charge in [-0.05, 0) is 61.5 Å². The summed E-state index contributed by atoms with van der Waals surface area (Å²) in [7, 11) is -2.22. The Labute approximate surface area is 206 Å². The SMILES string of the molecule is CCOc1ccc(NS(=O)(=O)c2cccc(C(=O)N3CCN(c4ccccc4OC)CC3)c2)cc1. The van der Waals surface area contributed by atoms with Crippen LogP contribution in [0.15, 0.2) is 77.7 Å². The van der Waals surface area contributed by atoms with Gasteiger partial charge >= 0.3 is 0 Å². The first-order valence-corrected chi connectivity index (χ1v) is 12.9. The minimum absolute atomic E-state index is 0.0323. The van der Waals surface area contributed by atoms with Crippen LogP contribution in [-0.2, 0) is 10.0 Å². The molecule has 0 radical (unpaired) electrons. The molecule has 0 saturated carbocycles. The maximum atomic E-state index is 13.2. The standard InChI is InChI=1S/C26H29N3O5S/c1-3-34-22-13-11-21(12-14-22)27-35(31,32)23-8-6-7-20(19-23)26(30)29-17-15-28(16-18-29)24-9-4-5-10-25(24)33-2/h4-14,19,27H,3,15-18H2,1-2H3. The molecule has 3 aromatic rings. The van der Waals surface area contributed by atoms with Gasteiger partial charge in [-0.25, -0.2) is 8.42 Å². The number of benzene rings is 3. The van der Waals surface area contributed by atoms with Gasteiger partial charge in [0.25, 0.3) is 15.9 Å². The lowest BCUT2D eigenvalue weighted by atomic mass is 10.1. The maximum absolute atomic E-state index is 13.2. The third kappa shape index (κ3) is 5.68. The van der Waals surface area contributed by atoms with E-state index < -0.39 is 10.0 Å². The minimum Gasteiger partial charge on any atom is -0.495 e. The lowest BCUT2D eigenvalue weighted by molar-refractivity contribution is 0.0746. The molecule has 1 amide bonds. The van der Waals surface area contributed by atoms with Crippen molar-refractivity contribution in [2.24, 2.45) is 0 Å². The van der Waals surface area contributed by atoms with Crippen molar-refractivity contribution in [1.29, 1.82) is 0 Å². The van der Waals surface area contributed by atoms with Crippen molar-refractivity contribution in [1.82, 2.24) is 4.90 Å². The van der Waals surface area contributed by atoms with Gasteiger partial charge in [-0.2, -0.15) is 0 Å². The fraction of sp³-hybridized carbons (Fsp3) is 0.269. The number of hydrogen-bond donors (Lipinski definition) is 1. The van der Waals surface area contributed by atoms with Crippen molar-refractivity contribution >= 4 is 27.3 Å². The van der Waals surface area contributed by atoms with E-state index in [0.29, 0.717) is 49.8 Å². The number of rotatable bonds is 8. The molecular weight excluding hydrogens is 466 g/mol. The smallest absolute Gasteiger partial charge is 0.261 e. The average Bonchev–Trinajstić information content (AvgIpc) is 2.89. The number of hydrogen-bond acceptors (Lipinski definition) is 6. The molecule has 9 heteroatoms. The van der Waals surface area contributed by atoms with Gasteiger partial charge in [-0.1, -0.05) is 18.2 Å². The summed E-state index contributed by atoms with van der Waals surface area (Å²) in [5.41, 5.74) is 1.75. The van der Waals surface area contributed by atoms with Crippen molar-refractivity contribution in [2.45, 2.75) is 11.8 Å². The Morgan fingerprint density at radius 2 is 1.66 bits per heavy atom. The molecule has 0 spiro atoms. The van der Waals surface area contributed by atoms with Crippen molar-refractivity contribution in [3.8, 4) is 11.5 Å². The molecule has 0 atom stereocenters. The number of ether oxygens (including phenoxy) is 2.